The Morgan fingerprint density at radius 2 is 1.89 bits per heavy atom. The summed E-state index contributed by atoms with van der Waals surface area (Å²) < 4.78 is 1.74. The van der Waals surface area contributed by atoms with Crippen molar-refractivity contribution in [2.75, 3.05) is 16.4 Å². The summed E-state index contributed by atoms with van der Waals surface area (Å²) in [6.07, 6.45) is 1.65. The van der Waals surface area contributed by atoms with E-state index in [1.54, 1.807) is 41.2 Å². The van der Waals surface area contributed by atoms with Gasteiger partial charge in [-0.1, -0.05) is 0 Å². The highest BCUT2D eigenvalue weighted by atomic mass is 16.2. The molecular formula is C13H17N5O. The summed E-state index contributed by atoms with van der Waals surface area (Å²) >= 11 is 0. The van der Waals surface area contributed by atoms with Crippen LogP contribution in [0.15, 0.2) is 36.5 Å². The topological polar surface area (TPSA) is 85.0 Å². The van der Waals surface area contributed by atoms with Gasteiger partial charge in [0.1, 0.15) is 5.82 Å². The summed E-state index contributed by atoms with van der Waals surface area (Å²) in [4.78, 5) is 11.8. The van der Waals surface area contributed by atoms with E-state index < -0.39 is 0 Å². The molecule has 100 valence electrons. The second-order valence-electron chi connectivity index (χ2n) is 4.46. The van der Waals surface area contributed by atoms with Crippen molar-refractivity contribution in [3.05, 3.63) is 36.5 Å². The van der Waals surface area contributed by atoms with Gasteiger partial charge in [0.15, 0.2) is 0 Å². The number of nitrogen functional groups attached to an aromatic ring is 1. The molecule has 6 heteroatoms. The maximum absolute atomic E-state index is 11.8. The lowest BCUT2D eigenvalue weighted by molar-refractivity contribution is 0.262. The lowest BCUT2D eigenvalue weighted by Gasteiger charge is -2.12. The van der Waals surface area contributed by atoms with E-state index in [2.05, 4.69) is 15.7 Å². The average molecular weight is 259 g/mol. The van der Waals surface area contributed by atoms with E-state index in [-0.39, 0.29) is 12.1 Å². The monoisotopic (exact) mass is 259 g/mol. The Balaban J connectivity index is 2.01. The van der Waals surface area contributed by atoms with Gasteiger partial charge in [-0.2, -0.15) is 5.10 Å². The predicted molar refractivity (Wildman–Crippen MR) is 76.1 cm³/mol. The molecule has 0 saturated carbocycles. The Morgan fingerprint density at radius 1 is 1.21 bits per heavy atom. The molecule has 19 heavy (non-hydrogen) atoms. The predicted octanol–water partition coefficient (Wildman–Crippen LogP) is 2.69. The third-order valence-electron chi connectivity index (χ3n) is 2.57. The van der Waals surface area contributed by atoms with Gasteiger partial charge in [-0.3, -0.25) is 5.32 Å². The van der Waals surface area contributed by atoms with Crippen LogP contribution < -0.4 is 16.4 Å². The van der Waals surface area contributed by atoms with Crippen molar-refractivity contribution in [2.45, 2.75) is 19.9 Å². The largest absolute Gasteiger partial charge is 0.399 e. The number of amides is 2. The first kappa shape index (κ1) is 12.9. The number of urea groups is 1. The van der Waals surface area contributed by atoms with Gasteiger partial charge in [0.2, 0.25) is 0 Å². The van der Waals surface area contributed by atoms with Gasteiger partial charge >= 0.3 is 6.03 Å². The molecule has 0 aliphatic carbocycles. The summed E-state index contributed by atoms with van der Waals surface area (Å²) in [5.74, 6) is 0.656. The fourth-order valence-electron chi connectivity index (χ4n) is 1.67. The van der Waals surface area contributed by atoms with E-state index in [9.17, 15) is 4.79 Å². The molecule has 2 amide bonds. The average Bonchev–Trinajstić information content (AvgIpc) is 2.80. The minimum atomic E-state index is -0.313. The Kier molecular flexibility index (Phi) is 3.70. The van der Waals surface area contributed by atoms with Crippen LogP contribution in [-0.4, -0.2) is 15.8 Å². The van der Waals surface area contributed by atoms with Gasteiger partial charge in [0.05, 0.1) is 6.20 Å². The summed E-state index contributed by atoms with van der Waals surface area (Å²) in [5.41, 5.74) is 6.92. The smallest absolute Gasteiger partial charge is 0.324 e. The fraction of sp³-hybridized carbons (Fsp3) is 0.231. The van der Waals surface area contributed by atoms with E-state index in [1.807, 2.05) is 13.8 Å². The highest BCUT2D eigenvalue weighted by Gasteiger charge is 2.09. The molecule has 2 rings (SSSR count). The molecule has 0 unspecified atom stereocenters. The Hall–Kier alpha value is -2.50. The first-order chi connectivity index (χ1) is 9.06. The number of nitrogens with one attached hydrogen (secondary N) is 2. The molecule has 0 spiro atoms. The fourth-order valence-corrected chi connectivity index (χ4v) is 1.67. The normalized spacial score (nSPS) is 10.5. The number of nitrogens with two attached hydrogens (primary N) is 1. The number of hydrogen-bond donors (Lipinski definition) is 3. The van der Waals surface area contributed by atoms with E-state index in [1.165, 1.54) is 0 Å². The first-order valence-electron chi connectivity index (χ1n) is 6.03. The van der Waals surface area contributed by atoms with Gasteiger partial charge in [0.25, 0.3) is 0 Å². The zero-order chi connectivity index (χ0) is 13.8. The van der Waals surface area contributed by atoms with Gasteiger partial charge in [0, 0.05) is 23.5 Å². The Morgan fingerprint density at radius 3 is 2.53 bits per heavy atom. The van der Waals surface area contributed by atoms with Crippen molar-refractivity contribution in [1.82, 2.24) is 9.78 Å². The van der Waals surface area contributed by atoms with Gasteiger partial charge in [-0.15, -0.1) is 0 Å². The molecule has 4 N–H and O–H groups in total. The molecule has 0 saturated heterocycles. The van der Waals surface area contributed by atoms with Crippen LogP contribution in [0.2, 0.25) is 0 Å². The lowest BCUT2D eigenvalue weighted by Crippen LogP contribution is -2.22. The zero-order valence-electron chi connectivity index (χ0n) is 10.9. The number of anilines is 3. The van der Waals surface area contributed by atoms with E-state index in [0.29, 0.717) is 17.2 Å². The minimum Gasteiger partial charge on any atom is -0.399 e. The Labute approximate surface area is 111 Å². The standard InChI is InChI=1S/C13H17N5O/c1-9(2)18-12(7-8-15-18)17-13(19)16-11-5-3-10(14)4-6-11/h3-9H,14H2,1-2H3,(H2,16,17,19). The number of nitrogens with zero attached hydrogens (tertiary/aromatic N) is 2. The summed E-state index contributed by atoms with van der Waals surface area (Å²) in [5, 5.41) is 9.63. The van der Waals surface area contributed by atoms with Crippen LogP contribution in [0.3, 0.4) is 0 Å². The molecule has 0 bridgehead atoms. The maximum Gasteiger partial charge on any atom is 0.324 e. The van der Waals surface area contributed by atoms with E-state index >= 15 is 0 Å². The molecule has 1 heterocycles. The third kappa shape index (κ3) is 3.25. The van der Waals surface area contributed by atoms with Crippen molar-refractivity contribution >= 4 is 23.2 Å². The van der Waals surface area contributed by atoms with Crippen molar-refractivity contribution < 1.29 is 4.79 Å². The molecule has 2 aromatic rings. The quantitative estimate of drug-likeness (QED) is 0.741. The molecule has 0 aliphatic heterocycles. The number of rotatable bonds is 3. The summed E-state index contributed by atoms with van der Waals surface area (Å²) in [7, 11) is 0. The van der Waals surface area contributed by atoms with Crippen molar-refractivity contribution in [1.29, 1.82) is 0 Å². The first-order valence-corrected chi connectivity index (χ1v) is 6.03. The number of aromatic nitrogens is 2. The Bertz CT molecular complexity index is 559. The van der Waals surface area contributed by atoms with Crippen molar-refractivity contribution in [2.24, 2.45) is 0 Å². The molecular weight excluding hydrogens is 242 g/mol. The molecule has 0 fully saturated rings. The van der Waals surface area contributed by atoms with E-state index in [0.717, 1.165) is 0 Å². The van der Waals surface area contributed by atoms with E-state index in [4.69, 9.17) is 5.73 Å². The zero-order valence-corrected chi connectivity index (χ0v) is 10.9. The second-order valence-corrected chi connectivity index (χ2v) is 4.46. The maximum atomic E-state index is 11.8. The van der Waals surface area contributed by atoms with Gasteiger partial charge < -0.3 is 11.1 Å². The van der Waals surface area contributed by atoms with Gasteiger partial charge in [-0.05, 0) is 38.1 Å². The van der Waals surface area contributed by atoms with Crippen LogP contribution in [0.1, 0.15) is 19.9 Å². The summed E-state index contributed by atoms with van der Waals surface area (Å²) in [6.45, 7) is 3.99. The molecule has 0 aliphatic rings. The number of carbonyl (C=O) groups excluding carboxylic acids is 1. The van der Waals surface area contributed by atoms with Crippen LogP contribution in [0.4, 0.5) is 22.0 Å². The molecule has 0 atom stereocenters. The molecule has 0 radical (unpaired) electrons. The minimum absolute atomic E-state index is 0.182. The molecule has 1 aromatic heterocycles. The summed E-state index contributed by atoms with van der Waals surface area (Å²) in [6, 6.07) is 8.57. The second kappa shape index (κ2) is 5.43. The highest BCUT2D eigenvalue weighted by molar-refractivity contribution is 5.99. The van der Waals surface area contributed by atoms with Crippen LogP contribution >= 0.6 is 0 Å². The highest BCUT2D eigenvalue weighted by Crippen LogP contribution is 2.14. The van der Waals surface area contributed by atoms with Crippen molar-refractivity contribution in [3.63, 3.8) is 0 Å². The number of carbonyl (C=O) groups is 1. The van der Waals surface area contributed by atoms with Crippen LogP contribution in [0.5, 0.6) is 0 Å². The number of hydrogen-bond acceptors (Lipinski definition) is 3. The van der Waals surface area contributed by atoms with Crippen molar-refractivity contribution in [3.8, 4) is 0 Å². The van der Waals surface area contributed by atoms with Gasteiger partial charge in [-0.25, -0.2) is 9.48 Å². The van der Waals surface area contributed by atoms with Crippen LogP contribution in [-0.2, 0) is 0 Å². The van der Waals surface area contributed by atoms with Crippen LogP contribution in [0.25, 0.3) is 0 Å². The lowest BCUT2D eigenvalue weighted by atomic mass is 10.3. The SMILES string of the molecule is CC(C)n1nccc1NC(=O)Nc1ccc(N)cc1. The third-order valence-corrected chi connectivity index (χ3v) is 2.57. The number of benzene rings is 1. The van der Waals surface area contributed by atoms with Crippen LogP contribution in [0, 0.1) is 0 Å². The molecule has 1 aromatic carbocycles. The molecule has 6 nitrogen and oxygen atoms in total.